The third kappa shape index (κ3) is 2.46. The summed E-state index contributed by atoms with van der Waals surface area (Å²) >= 11 is 0. The van der Waals surface area contributed by atoms with Gasteiger partial charge in [0.15, 0.2) is 5.78 Å². The first-order valence-electron chi connectivity index (χ1n) is 6.50. The molecule has 0 bridgehead atoms. The van der Waals surface area contributed by atoms with E-state index in [9.17, 15) is 4.79 Å². The van der Waals surface area contributed by atoms with E-state index in [1.54, 1.807) is 4.68 Å². The summed E-state index contributed by atoms with van der Waals surface area (Å²) in [4.78, 5) is 12.5. The number of nitrogens with zero attached hydrogens (tertiary/aromatic N) is 2. The first-order chi connectivity index (χ1) is 8.91. The maximum atomic E-state index is 12.5. The van der Waals surface area contributed by atoms with Gasteiger partial charge >= 0.3 is 0 Å². The summed E-state index contributed by atoms with van der Waals surface area (Å²) in [7, 11) is 1.87. The molecule has 0 aliphatic rings. The van der Waals surface area contributed by atoms with Crippen molar-refractivity contribution in [3.8, 4) is 0 Å². The van der Waals surface area contributed by atoms with Crippen LogP contribution in [0.15, 0.2) is 18.2 Å². The smallest absolute Gasteiger partial charge is 0.170 e. The van der Waals surface area contributed by atoms with E-state index in [-0.39, 0.29) is 5.78 Å². The molecule has 3 heteroatoms. The van der Waals surface area contributed by atoms with Gasteiger partial charge in [0.05, 0.1) is 11.3 Å². The van der Waals surface area contributed by atoms with Crippen molar-refractivity contribution in [2.24, 2.45) is 7.05 Å². The van der Waals surface area contributed by atoms with Gasteiger partial charge in [-0.25, -0.2) is 0 Å². The predicted octanol–water partition coefficient (Wildman–Crippen LogP) is 3.08. The maximum absolute atomic E-state index is 12.5. The third-order valence-electron chi connectivity index (χ3n) is 3.77. The molecule has 0 unspecified atom stereocenters. The molecule has 3 nitrogen and oxygen atoms in total. The van der Waals surface area contributed by atoms with Crippen LogP contribution in [0.4, 0.5) is 0 Å². The van der Waals surface area contributed by atoms with Crippen molar-refractivity contribution >= 4 is 5.78 Å². The molecule has 2 aromatic rings. The Labute approximate surface area is 114 Å². The topological polar surface area (TPSA) is 34.9 Å². The minimum Gasteiger partial charge on any atom is -0.294 e. The summed E-state index contributed by atoms with van der Waals surface area (Å²) in [6.07, 6.45) is 0.450. The number of hydrogen-bond donors (Lipinski definition) is 0. The summed E-state index contributed by atoms with van der Waals surface area (Å²) in [6, 6.07) is 6.14. The van der Waals surface area contributed by atoms with Crippen molar-refractivity contribution in [2.45, 2.75) is 34.1 Å². The molecule has 0 saturated carbocycles. The Kier molecular flexibility index (Phi) is 3.56. The SMILES string of the molecule is Cc1cccc(C)c1CC(=O)c1c(C)nn(C)c1C. The van der Waals surface area contributed by atoms with Crippen LogP contribution in [0.5, 0.6) is 0 Å². The van der Waals surface area contributed by atoms with Gasteiger partial charge in [-0.1, -0.05) is 18.2 Å². The zero-order valence-corrected chi connectivity index (χ0v) is 12.2. The highest BCUT2D eigenvalue weighted by Gasteiger charge is 2.18. The summed E-state index contributed by atoms with van der Waals surface area (Å²) < 4.78 is 1.77. The largest absolute Gasteiger partial charge is 0.294 e. The highest BCUT2D eigenvalue weighted by molar-refractivity contribution is 5.99. The van der Waals surface area contributed by atoms with E-state index in [2.05, 4.69) is 31.1 Å². The molecule has 0 fully saturated rings. The van der Waals surface area contributed by atoms with Crippen molar-refractivity contribution in [1.82, 2.24) is 9.78 Å². The quantitative estimate of drug-likeness (QED) is 0.791. The Morgan fingerprint density at radius 3 is 2.21 bits per heavy atom. The van der Waals surface area contributed by atoms with Crippen LogP contribution in [0, 0.1) is 27.7 Å². The number of rotatable bonds is 3. The number of benzene rings is 1. The number of Topliss-reactive ketones (excluding diaryl/α,β-unsaturated/α-hetero) is 1. The Bertz CT molecular complexity index is 618. The van der Waals surface area contributed by atoms with Gasteiger partial charge in [0.2, 0.25) is 0 Å². The minimum atomic E-state index is 0.153. The van der Waals surface area contributed by atoms with Crippen molar-refractivity contribution in [3.63, 3.8) is 0 Å². The molecule has 2 rings (SSSR count). The first kappa shape index (κ1) is 13.5. The van der Waals surface area contributed by atoms with Gasteiger partial charge in [-0.15, -0.1) is 0 Å². The Balaban J connectivity index is 2.36. The van der Waals surface area contributed by atoms with Crippen LogP contribution in [0.25, 0.3) is 0 Å². The molecule has 0 saturated heterocycles. The van der Waals surface area contributed by atoms with Crippen LogP contribution in [0.1, 0.15) is 38.4 Å². The van der Waals surface area contributed by atoms with E-state index in [4.69, 9.17) is 0 Å². The number of aryl methyl sites for hydroxylation is 4. The average molecular weight is 256 g/mol. The van der Waals surface area contributed by atoms with E-state index < -0.39 is 0 Å². The second-order valence-corrected chi connectivity index (χ2v) is 5.14. The lowest BCUT2D eigenvalue weighted by Gasteiger charge is -2.09. The van der Waals surface area contributed by atoms with E-state index in [0.717, 1.165) is 22.5 Å². The zero-order valence-electron chi connectivity index (χ0n) is 12.2. The molecule has 1 aromatic heterocycles. The van der Waals surface area contributed by atoms with Crippen molar-refractivity contribution in [3.05, 3.63) is 51.8 Å². The lowest BCUT2D eigenvalue weighted by atomic mass is 9.95. The number of hydrogen-bond acceptors (Lipinski definition) is 2. The van der Waals surface area contributed by atoms with Crippen LogP contribution < -0.4 is 0 Å². The second kappa shape index (κ2) is 5.00. The monoisotopic (exact) mass is 256 g/mol. The minimum absolute atomic E-state index is 0.153. The summed E-state index contributed by atoms with van der Waals surface area (Å²) in [5.74, 6) is 0.153. The summed E-state index contributed by atoms with van der Waals surface area (Å²) in [5.41, 5.74) is 6.00. The Hall–Kier alpha value is -1.90. The second-order valence-electron chi connectivity index (χ2n) is 5.14. The number of carbonyl (C=O) groups is 1. The van der Waals surface area contributed by atoms with E-state index in [1.807, 2.05) is 27.0 Å². The lowest BCUT2D eigenvalue weighted by molar-refractivity contribution is 0.0991. The average Bonchev–Trinajstić information content (AvgIpc) is 2.58. The number of ketones is 1. The molecule has 1 heterocycles. The van der Waals surface area contributed by atoms with Crippen LogP contribution in [-0.4, -0.2) is 15.6 Å². The highest BCUT2D eigenvalue weighted by Crippen LogP contribution is 2.19. The van der Waals surface area contributed by atoms with Gasteiger partial charge in [-0.05, 0) is 44.4 Å². The van der Waals surface area contributed by atoms with Gasteiger partial charge in [0.1, 0.15) is 0 Å². The van der Waals surface area contributed by atoms with Gasteiger partial charge in [0.25, 0.3) is 0 Å². The Morgan fingerprint density at radius 2 is 1.74 bits per heavy atom. The van der Waals surface area contributed by atoms with Crippen molar-refractivity contribution in [2.75, 3.05) is 0 Å². The van der Waals surface area contributed by atoms with Gasteiger partial charge < -0.3 is 0 Å². The fraction of sp³-hybridized carbons (Fsp3) is 0.375. The maximum Gasteiger partial charge on any atom is 0.170 e. The molecule has 0 aliphatic carbocycles. The standard InChI is InChI=1S/C16H20N2O/c1-10-7-6-8-11(2)14(10)9-15(19)16-12(3)17-18(5)13(16)4/h6-8H,9H2,1-5H3. The van der Waals surface area contributed by atoms with Gasteiger partial charge in [-0.2, -0.15) is 5.10 Å². The molecular formula is C16H20N2O. The van der Waals surface area contributed by atoms with Gasteiger partial charge in [0, 0.05) is 19.2 Å². The van der Waals surface area contributed by atoms with E-state index >= 15 is 0 Å². The molecule has 0 N–H and O–H groups in total. The van der Waals surface area contributed by atoms with Crippen LogP contribution in [0.2, 0.25) is 0 Å². The van der Waals surface area contributed by atoms with Crippen LogP contribution in [0.3, 0.4) is 0 Å². The van der Waals surface area contributed by atoms with Crippen molar-refractivity contribution < 1.29 is 4.79 Å². The van der Waals surface area contributed by atoms with Crippen molar-refractivity contribution in [1.29, 1.82) is 0 Å². The summed E-state index contributed by atoms with van der Waals surface area (Å²) in [6.45, 7) is 7.94. The van der Waals surface area contributed by atoms with E-state index in [0.29, 0.717) is 6.42 Å². The van der Waals surface area contributed by atoms with Crippen LogP contribution in [-0.2, 0) is 13.5 Å². The predicted molar refractivity (Wildman–Crippen MR) is 76.6 cm³/mol. The molecule has 0 amide bonds. The third-order valence-corrected chi connectivity index (χ3v) is 3.77. The molecule has 0 spiro atoms. The molecule has 1 aromatic carbocycles. The summed E-state index contributed by atoms with van der Waals surface area (Å²) in [5, 5.41) is 4.31. The lowest BCUT2D eigenvalue weighted by Crippen LogP contribution is -2.09. The molecule has 0 radical (unpaired) electrons. The van der Waals surface area contributed by atoms with Crippen LogP contribution >= 0.6 is 0 Å². The van der Waals surface area contributed by atoms with Gasteiger partial charge in [-0.3, -0.25) is 9.48 Å². The normalized spacial score (nSPS) is 10.8. The Morgan fingerprint density at radius 1 is 1.16 bits per heavy atom. The van der Waals surface area contributed by atoms with E-state index in [1.165, 1.54) is 11.1 Å². The fourth-order valence-corrected chi connectivity index (χ4v) is 2.55. The molecule has 0 atom stereocenters. The highest BCUT2D eigenvalue weighted by atomic mass is 16.1. The molecule has 100 valence electrons. The molecule has 19 heavy (non-hydrogen) atoms. The molecule has 0 aliphatic heterocycles. The molecular weight excluding hydrogens is 236 g/mol. The zero-order chi connectivity index (χ0) is 14.2. The number of aromatic nitrogens is 2. The fourth-order valence-electron chi connectivity index (χ4n) is 2.55. The first-order valence-corrected chi connectivity index (χ1v) is 6.50. The number of carbonyl (C=O) groups excluding carboxylic acids is 1.